The van der Waals surface area contributed by atoms with Crippen LogP contribution in [0.5, 0.6) is 0 Å². The van der Waals surface area contributed by atoms with E-state index in [1.807, 2.05) is 0 Å². The quantitative estimate of drug-likeness (QED) is 0.896. The van der Waals surface area contributed by atoms with Gasteiger partial charge in [0.05, 0.1) is 0 Å². The van der Waals surface area contributed by atoms with E-state index in [0.717, 1.165) is 19.2 Å². The zero-order chi connectivity index (χ0) is 13.6. The minimum Gasteiger partial charge on any atom is -0.316 e. The summed E-state index contributed by atoms with van der Waals surface area (Å²) in [4.78, 5) is -0.326. The van der Waals surface area contributed by atoms with Gasteiger partial charge in [-0.2, -0.15) is 4.31 Å². The van der Waals surface area contributed by atoms with Gasteiger partial charge in [-0.05, 0) is 43.1 Å². The summed E-state index contributed by atoms with van der Waals surface area (Å²) in [6, 6.07) is 3.62. The number of rotatable bonds is 2. The first-order chi connectivity index (χ1) is 8.98. The molecule has 104 valence electrons. The van der Waals surface area contributed by atoms with E-state index in [-0.39, 0.29) is 9.92 Å². The monoisotopic (exact) mass is 304 g/mol. The van der Waals surface area contributed by atoms with E-state index in [2.05, 4.69) is 5.32 Å². The number of halogens is 2. The van der Waals surface area contributed by atoms with Gasteiger partial charge < -0.3 is 5.32 Å². The Kier molecular flexibility index (Phi) is 3.29. The summed E-state index contributed by atoms with van der Waals surface area (Å²) in [5.41, 5.74) is 0. The second-order valence-corrected chi connectivity index (χ2v) is 7.42. The fourth-order valence-electron chi connectivity index (χ4n) is 2.82. The maximum absolute atomic E-state index is 13.7. The lowest BCUT2D eigenvalue weighted by molar-refractivity contribution is 0.443. The molecule has 0 saturated carbocycles. The standard InChI is InChI=1S/C12H14ClFN2O2S/c13-10-1-2-11(14)12(3-10)19(17,18)16-6-8-4-15-5-9(8)7-16/h1-3,8-9,15H,4-7H2/t8-,9+. The molecule has 2 aliphatic heterocycles. The number of benzene rings is 1. The molecule has 0 unspecified atom stereocenters. The number of hydrogen-bond donors (Lipinski definition) is 1. The van der Waals surface area contributed by atoms with Crippen LogP contribution in [-0.2, 0) is 10.0 Å². The highest BCUT2D eigenvalue weighted by Gasteiger charge is 2.42. The van der Waals surface area contributed by atoms with Crippen molar-refractivity contribution >= 4 is 21.6 Å². The van der Waals surface area contributed by atoms with Crippen molar-refractivity contribution in [2.45, 2.75) is 4.90 Å². The highest BCUT2D eigenvalue weighted by Crippen LogP contribution is 2.32. The van der Waals surface area contributed by atoms with Crippen molar-refractivity contribution in [1.82, 2.24) is 9.62 Å². The van der Waals surface area contributed by atoms with Crippen LogP contribution in [0.3, 0.4) is 0 Å². The van der Waals surface area contributed by atoms with Gasteiger partial charge in [-0.3, -0.25) is 0 Å². The molecule has 1 aromatic rings. The normalized spacial score (nSPS) is 27.7. The Morgan fingerprint density at radius 1 is 1.26 bits per heavy atom. The van der Waals surface area contributed by atoms with Gasteiger partial charge in [0, 0.05) is 18.1 Å². The summed E-state index contributed by atoms with van der Waals surface area (Å²) in [7, 11) is -3.79. The molecule has 2 saturated heterocycles. The lowest BCUT2D eigenvalue weighted by atomic mass is 10.0. The Balaban J connectivity index is 1.93. The molecule has 2 heterocycles. The SMILES string of the molecule is O=S(=O)(c1cc(Cl)ccc1F)N1C[C@H]2CNC[C@H]2C1. The number of sulfonamides is 1. The van der Waals surface area contributed by atoms with E-state index < -0.39 is 15.8 Å². The maximum atomic E-state index is 13.7. The smallest absolute Gasteiger partial charge is 0.246 e. The topological polar surface area (TPSA) is 49.4 Å². The number of fused-ring (bicyclic) bond motifs is 1. The zero-order valence-corrected chi connectivity index (χ0v) is 11.7. The van der Waals surface area contributed by atoms with Crippen molar-refractivity contribution < 1.29 is 12.8 Å². The summed E-state index contributed by atoms with van der Waals surface area (Å²) in [5, 5.41) is 3.46. The van der Waals surface area contributed by atoms with Gasteiger partial charge >= 0.3 is 0 Å². The second-order valence-electron chi connectivity index (χ2n) is 5.08. The van der Waals surface area contributed by atoms with Gasteiger partial charge in [0.1, 0.15) is 10.7 Å². The molecule has 4 nitrogen and oxygen atoms in total. The van der Waals surface area contributed by atoms with E-state index in [1.165, 1.54) is 16.4 Å². The van der Waals surface area contributed by atoms with E-state index >= 15 is 0 Å². The Bertz CT molecular complexity index is 596. The molecule has 2 atom stereocenters. The molecule has 0 bridgehead atoms. The molecule has 7 heteroatoms. The van der Waals surface area contributed by atoms with Gasteiger partial charge in [-0.1, -0.05) is 11.6 Å². The van der Waals surface area contributed by atoms with E-state index in [1.54, 1.807) is 0 Å². The predicted octanol–water partition coefficient (Wildman–Crippen LogP) is 1.32. The fraction of sp³-hybridized carbons (Fsp3) is 0.500. The molecule has 19 heavy (non-hydrogen) atoms. The third-order valence-electron chi connectivity index (χ3n) is 3.87. The number of hydrogen-bond acceptors (Lipinski definition) is 3. The third kappa shape index (κ3) is 2.27. The van der Waals surface area contributed by atoms with Gasteiger partial charge in [-0.15, -0.1) is 0 Å². The van der Waals surface area contributed by atoms with E-state index in [9.17, 15) is 12.8 Å². The van der Waals surface area contributed by atoms with Crippen LogP contribution in [0, 0.1) is 17.7 Å². The first-order valence-electron chi connectivity index (χ1n) is 6.14. The summed E-state index contributed by atoms with van der Waals surface area (Å²) >= 11 is 5.77. The van der Waals surface area contributed by atoms with Crippen molar-refractivity contribution in [3.05, 3.63) is 29.0 Å². The van der Waals surface area contributed by atoms with Crippen molar-refractivity contribution in [2.75, 3.05) is 26.2 Å². The van der Waals surface area contributed by atoms with Gasteiger partial charge in [0.2, 0.25) is 10.0 Å². The molecular weight excluding hydrogens is 291 g/mol. The van der Waals surface area contributed by atoms with Crippen LogP contribution in [-0.4, -0.2) is 38.9 Å². The Labute approximate surface area is 116 Å². The van der Waals surface area contributed by atoms with Crippen LogP contribution in [0.1, 0.15) is 0 Å². The van der Waals surface area contributed by atoms with Crippen LogP contribution in [0.15, 0.2) is 23.1 Å². The Morgan fingerprint density at radius 2 is 1.89 bits per heavy atom. The first kappa shape index (κ1) is 13.3. The molecular formula is C12H14ClFN2O2S. The van der Waals surface area contributed by atoms with Crippen LogP contribution in [0.2, 0.25) is 5.02 Å². The number of nitrogens with one attached hydrogen (secondary N) is 1. The lowest BCUT2D eigenvalue weighted by Gasteiger charge is -2.18. The van der Waals surface area contributed by atoms with Crippen LogP contribution >= 0.6 is 11.6 Å². The molecule has 0 aliphatic carbocycles. The fourth-order valence-corrected chi connectivity index (χ4v) is 4.70. The van der Waals surface area contributed by atoms with Gasteiger partial charge in [0.15, 0.2) is 0 Å². The summed E-state index contributed by atoms with van der Waals surface area (Å²) in [5.74, 6) is -0.0892. The molecule has 1 N–H and O–H groups in total. The molecule has 0 radical (unpaired) electrons. The van der Waals surface area contributed by atoms with Gasteiger partial charge in [-0.25, -0.2) is 12.8 Å². The van der Waals surface area contributed by atoms with Crippen LogP contribution in [0.25, 0.3) is 0 Å². The average molecular weight is 305 g/mol. The van der Waals surface area contributed by atoms with Crippen molar-refractivity contribution in [3.8, 4) is 0 Å². The van der Waals surface area contributed by atoms with Gasteiger partial charge in [0.25, 0.3) is 0 Å². The minimum atomic E-state index is -3.79. The molecule has 1 aromatic carbocycles. The van der Waals surface area contributed by atoms with E-state index in [0.29, 0.717) is 24.9 Å². The highest BCUT2D eigenvalue weighted by atomic mass is 35.5. The van der Waals surface area contributed by atoms with E-state index in [4.69, 9.17) is 11.6 Å². The molecule has 2 aliphatic rings. The predicted molar refractivity (Wildman–Crippen MR) is 70.0 cm³/mol. The summed E-state index contributed by atoms with van der Waals surface area (Å²) in [6.07, 6.45) is 0. The number of nitrogens with zero attached hydrogens (tertiary/aromatic N) is 1. The second kappa shape index (κ2) is 4.70. The van der Waals surface area contributed by atoms with Crippen molar-refractivity contribution in [2.24, 2.45) is 11.8 Å². The minimum absolute atomic E-state index is 0.223. The molecule has 0 amide bonds. The molecule has 3 rings (SSSR count). The van der Waals surface area contributed by atoms with Crippen molar-refractivity contribution in [3.63, 3.8) is 0 Å². The van der Waals surface area contributed by atoms with Crippen LogP contribution < -0.4 is 5.32 Å². The average Bonchev–Trinajstić information content (AvgIpc) is 2.92. The Morgan fingerprint density at radius 3 is 2.53 bits per heavy atom. The highest BCUT2D eigenvalue weighted by molar-refractivity contribution is 7.89. The molecule has 2 fully saturated rings. The molecule has 0 spiro atoms. The first-order valence-corrected chi connectivity index (χ1v) is 7.96. The zero-order valence-electron chi connectivity index (χ0n) is 10.1. The van der Waals surface area contributed by atoms with Crippen LogP contribution in [0.4, 0.5) is 4.39 Å². The maximum Gasteiger partial charge on any atom is 0.246 e. The largest absolute Gasteiger partial charge is 0.316 e. The molecule has 0 aromatic heterocycles. The lowest BCUT2D eigenvalue weighted by Crippen LogP contribution is -2.32. The summed E-state index contributed by atoms with van der Waals surface area (Å²) in [6.45, 7) is 2.56. The Hall–Kier alpha value is -0.690. The third-order valence-corrected chi connectivity index (χ3v) is 5.95. The summed E-state index contributed by atoms with van der Waals surface area (Å²) < 4.78 is 40.0. The van der Waals surface area contributed by atoms with Crippen molar-refractivity contribution in [1.29, 1.82) is 0 Å².